The van der Waals surface area contributed by atoms with Gasteiger partial charge in [0.05, 0.1) is 34.6 Å². The van der Waals surface area contributed by atoms with E-state index in [0.29, 0.717) is 35.2 Å². The van der Waals surface area contributed by atoms with Gasteiger partial charge >= 0.3 is 5.97 Å². The zero-order valence-electron chi connectivity index (χ0n) is 20.3. The quantitative estimate of drug-likeness (QED) is 0.367. The smallest absolute Gasteiger partial charge is 0.321 e. The van der Waals surface area contributed by atoms with E-state index in [1.54, 1.807) is 0 Å². The first-order chi connectivity index (χ1) is 17.5. The molecule has 2 aliphatic rings. The van der Waals surface area contributed by atoms with Gasteiger partial charge in [-0.25, -0.2) is 0 Å². The summed E-state index contributed by atoms with van der Waals surface area (Å²) < 4.78 is 11.1. The molecule has 2 heterocycles. The molecule has 2 N–H and O–H groups in total. The summed E-state index contributed by atoms with van der Waals surface area (Å²) in [5, 5.41) is 1.21. The van der Waals surface area contributed by atoms with Crippen LogP contribution in [0.25, 0.3) is 0 Å². The molecule has 0 spiro atoms. The normalized spacial score (nSPS) is 16.1. The Labute approximate surface area is 221 Å². The van der Waals surface area contributed by atoms with Crippen molar-refractivity contribution in [3.8, 4) is 5.75 Å². The Morgan fingerprint density at radius 2 is 1.81 bits per heavy atom. The van der Waals surface area contributed by atoms with Crippen molar-refractivity contribution in [1.82, 2.24) is 4.90 Å². The van der Waals surface area contributed by atoms with Crippen LogP contribution in [0, 0.1) is 0 Å². The summed E-state index contributed by atoms with van der Waals surface area (Å²) in [5.41, 5.74) is 8.06. The number of ether oxygens (including phenoxy) is 2. The highest BCUT2D eigenvalue weighted by molar-refractivity contribution is 6.43. The summed E-state index contributed by atoms with van der Waals surface area (Å²) in [4.78, 5) is 30.1. The van der Waals surface area contributed by atoms with Gasteiger partial charge in [0, 0.05) is 38.7 Å². The van der Waals surface area contributed by atoms with Crippen molar-refractivity contribution in [3.05, 3.63) is 52.0 Å². The van der Waals surface area contributed by atoms with Crippen molar-refractivity contribution in [2.75, 3.05) is 62.4 Å². The van der Waals surface area contributed by atoms with E-state index < -0.39 is 5.97 Å². The molecular weight excluding hydrogens is 503 g/mol. The van der Waals surface area contributed by atoms with Crippen LogP contribution in [0.3, 0.4) is 0 Å². The number of hydrogen-bond donors (Lipinski definition) is 1. The first-order valence-electron chi connectivity index (χ1n) is 12.3. The Balaban J connectivity index is 1.20. The number of rotatable bonds is 10. The standard InChI is InChI=1S/C26H32Cl2N4O4/c27-21-4-3-5-22(26(21)28)31-13-11-30(12-14-31)10-1-2-15-35-20-8-6-19-7-9-24(33)32(23(19)16-20)18-36-25(34)17-29/h3-6,8,16H,1-2,7,9-15,17-18,29H2. The number of piperazine rings is 1. The van der Waals surface area contributed by atoms with E-state index in [-0.39, 0.29) is 19.2 Å². The van der Waals surface area contributed by atoms with E-state index in [2.05, 4.69) is 9.80 Å². The minimum absolute atomic E-state index is 0.0813. The van der Waals surface area contributed by atoms with Crippen LogP contribution in [0.2, 0.25) is 10.0 Å². The van der Waals surface area contributed by atoms with E-state index in [0.717, 1.165) is 62.5 Å². The van der Waals surface area contributed by atoms with Crippen LogP contribution in [0.15, 0.2) is 36.4 Å². The second kappa shape index (κ2) is 12.6. The number of nitrogens with two attached hydrogens (primary N) is 1. The fourth-order valence-electron chi connectivity index (χ4n) is 4.52. The van der Waals surface area contributed by atoms with Gasteiger partial charge in [-0.15, -0.1) is 0 Å². The third kappa shape index (κ3) is 6.62. The molecule has 2 aromatic carbocycles. The lowest BCUT2D eigenvalue weighted by Crippen LogP contribution is -2.46. The summed E-state index contributed by atoms with van der Waals surface area (Å²) in [5.74, 6) is 0.0739. The molecule has 0 saturated carbocycles. The van der Waals surface area contributed by atoms with E-state index in [1.807, 2.05) is 36.4 Å². The predicted molar refractivity (Wildman–Crippen MR) is 142 cm³/mol. The highest BCUT2D eigenvalue weighted by atomic mass is 35.5. The van der Waals surface area contributed by atoms with E-state index >= 15 is 0 Å². The third-order valence-electron chi connectivity index (χ3n) is 6.56. The number of esters is 1. The van der Waals surface area contributed by atoms with Crippen LogP contribution >= 0.6 is 23.2 Å². The molecule has 0 atom stereocenters. The average molecular weight is 535 g/mol. The number of unbranched alkanes of at least 4 members (excludes halogenated alkanes) is 1. The Hall–Kier alpha value is -2.52. The molecule has 1 saturated heterocycles. The molecule has 1 fully saturated rings. The van der Waals surface area contributed by atoms with Gasteiger partial charge < -0.3 is 20.1 Å². The topological polar surface area (TPSA) is 88.3 Å². The predicted octanol–water partition coefficient (Wildman–Crippen LogP) is 3.71. The maximum absolute atomic E-state index is 12.4. The van der Waals surface area contributed by atoms with Crippen LogP contribution in [0.4, 0.5) is 11.4 Å². The van der Waals surface area contributed by atoms with E-state index in [9.17, 15) is 9.59 Å². The SMILES string of the molecule is NCC(=O)OCN1C(=O)CCc2ccc(OCCCCN3CCN(c4cccc(Cl)c4Cl)CC3)cc21. The number of anilines is 2. The minimum atomic E-state index is -0.544. The largest absolute Gasteiger partial charge is 0.494 e. The van der Waals surface area contributed by atoms with Crippen LogP contribution in [-0.2, 0) is 20.7 Å². The number of fused-ring (bicyclic) bond motifs is 1. The fraction of sp³-hybridized carbons (Fsp3) is 0.462. The van der Waals surface area contributed by atoms with Gasteiger partial charge in [0.15, 0.2) is 6.73 Å². The molecule has 8 nitrogen and oxygen atoms in total. The molecule has 1 amide bonds. The molecule has 4 rings (SSSR count). The minimum Gasteiger partial charge on any atom is -0.494 e. The number of amides is 1. The maximum atomic E-state index is 12.4. The Morgan fingerprint density at radius 3 is 2.58 bits per heavy atom. The van der Waals surface area contributed by atoms with Gasteiger partial charge in [0.2, 0.25) is 5.91 Å². The Kier molecular flexibility index (Phi) is 9.31. The number of halogens is 2. The molecule has 0 unspecified atom stereocenters. The number of nitrogens with zero attached hydrogens (tertiary/aromatic N) is 3. The van der Waals surface area contributed by atoms with Crippen molar-refractivity contribution in [1.29, 1.82) is 0 Å². The second-order valence-electron chi connectivity index (χ2n) is 8.92. The highest BCUT2D eigenvalue weighted by Gasteiger charge is 2.25. The summed E-state index contributed by atoms with van der Waals surface area (Å²) in [6.07, 6.45) is 3.00. The molecule has 194 valence electrons. The monoisotopic (exact) mass is 534 g/mol. The van der Waals surface area contributed by atoms with Crippen LogP contribution < -0.4 is 20.3 Å². The molecule has 0 aromatic heterocycles. The average Bonchev–Trinajstić information content (AvgIpc) is 2.89. The summed E-state index contributed by atoms with van der Waals surface area (Å²) in [6.45, 7) is 5.04. The zero-order valence-corrected chi connectivity index (χ0v) is 21.8. The first kappa shape index (κ1) is 26.5. The van der Waals surface area contributed by atoms with Crippen LogP contribution in [0.5, 0.6) is 5.75 Å². The number of hydrogen-bond acceptors (Lipinski definition) is 7. The number of aryl methyl sites for hydroxylation is 1. The summed E-state index contributed by atoms with van der Waals surface area (Å²) in [7, 11) is 0. The molecule has 0 aliphatic carbocycles. The summed E-state index contributed by atoms with van der Waals surface area (Å²) in [6, 6.07) is 11.5. The lowest BCUT2D eigenvalue weighted by atomic mass is 10.0. The Morgan fingerprint density at radius 1 is 1.00 bits per heavy atom. The lowest BCUT2D eigenvalue weighted by Gasteiger charge is -2.36. The molecule has 36 heavy (non-hydrogen) atoms. The van der Waals surface area contributed by atoms with Gasteiger partial charge in [-0.3, -0.25) is 19.4 Å². The third-order valence-corrected chi connectivity index (χ3v) is 7.37. The van der Waals surface area contributed by atoms with Crippen molar-refractivity contribution >= 4 is 46.5 Å². The molecular formula is C26H32Cl2N4O4. The fourth-order valence-corrected chi connectivity index (χ4v) is 4.94. The molecule has 0 radical (unpaired) electrons. The lowest BCUT2D eigenvalue weighted by molar-refractivity contribution is -0.142. The number of benzene rings is 2. The van der Waals surface area contributed by atoms with Gasteiger partial charge in [0.25, 0.3) is 0 Å². The van der Waals surface area contributed by atoms with Crippen molar-refractivity contribution in [3.63, 3.8) is 0 Å². The van der Waals surface area contributed by atoms with E-state index in [4.69, 9.17) is 38.4 Å². The van der Waals surface area contributed by atoms with E-state index in [1.165, 1.54) is 4.90 Å². The summed E-state index contributed by atoms with van der Waals surface area (Å²) >= 11 is 12.5. The second-order valence-corrected chi connectivity index (χ2v) is 9.70. The van der Waals surface area contributed by atoms with Gasteiger partial charge in [-0.1, -0.05) is 35.3 Å². The van der Waals surface area contributed by atoms with Crippen molar-refractivity contribution < 1.29 is 19.1 Å². The van der Waals surface area contributed by atoms with Crippen molar-refractivity contribution in [2.24, 2.45) is 5.73 Å². The van der Waals surface area contributed by atoms with Crippen molar-refractivity contribution in [2.45, 2.75) is 25.7 Å². The van der Waals surface area contributed by atoms with Crippen LogP contribution in [0.1, 0.15) is 24.8 Å². The zero-order chi connectivity index (χ0) is 25.5. The molecule has 2 aliphatic heterocycles. The van der Waals surface area contributed by atoms with Gasteiger partial charge in [0.1, 0.15) is 5.75 Å². The number of carbonyl (C=O) groups excluding carboxylic acids is 2. The highest BCUT2D eigenvalue weighted by Crippen LogP contribution is 2.33. The first-order valence-corrected chi connectivity index (χ1v) is 13.0. The van der Waals surface area contributed by atoms with Crippen LogP contribution in [-0.4, -0.2) is 69.4 Å². The van der Waals surface area contributed by atoms with Gasteiger partial charge in [-0.05, 0) is 49.6 Å². The van der Waals surface area contributed by atoms with Gasteiger partial charge in [-0.2, -0.15) is 0 Å². The number of carbonyl (C=O) groups is 2. The molecule has 0 bridgehead atoms. The molecule has 10 heteroatoms. The Bertz CT molecular complexity index is 1080. The molecule has 2 aromatic rings. The maximum Gasteiger partial charge on any atom is 0.321 e.